The second-order valence-corrected chi connectivity index (χ2v) is 5.03. The van der Waals surface area contributed by atoms with Crippen molar-refractivity contribution in [3.63, 3.8) is 0 Å². The van der Waals surface area contributed by atoms with Crippen LogP contribution in [-0.2, 0) is 20.8 Å². The van der Waals surface area contributed by atoms with Crippen LogP contribution >= 0.6 is 30.3 Å². The van der Waals surface area contributed by atoms with E-state index in [1.54, 1.807) is 4.31 Å². The van der Waals surface area contributed by atoms with E-state index in [1.165, 1.54) is 35.7 Å². The SMILES string of the molecule is COC(=O)CN(Cc1occc1C(=O)OC)SI. The Hall–Kier alpha value is -0.740. The molecule has 0 saturated heterocycles. The highest BCUT2D eigenvalue weighted by atomic mass is 127. The summed E-state index contributed by atoms with van der Waals surface area (Å²) < 4.78 is 16.1. The first-order chi connectivity index (χ1) is 8.62. The number of esters is 2. The first kappa shape index (κ1) is 15.3. The molecule has 1 aromatic rings. The van der Waals surface area contributed by atoms with E-state index in [0.29, 0.717) is 17.9 Å². The predicted molar refractivity (Wildman–Crippen MR) is 74.1 cm³/mol. The Morgan fingerprint density at radius 2 is 2.17 bits per heavy atom. The highest BCUT2D eigenvalue weighted by molar-refractivity contribution is 14.2. The molecule has 0 aliphatic carbocycles. The summed E-state index contributed by atoms with van der Waals surface area (Å²) >= 11 is 2.04. The van der Waals surface area contributed by atoms with Gasteiger partial charge < -0.3 is 13.9 Å². The van der Waals surface area contributed by atoms with E-state index >= 15 is 0 Å². The second-order valence-electron chi connectivity index (χ2n) is 3.19. The number of hydrogen-bond acceptors (Lipinski definition) is 7. The van der Waals surface area contributed by atoms with Crippen molar-refractivity contribution < 1.29 is 23.5 Å². The number of carbonyl (C=O) groups is 2. The van der Waals surface area contributed by atoms with Gasteiger partial charge in [0.15, 0.2) is 0 Å². The van der Waals surface area contributed by atoms with E-state index in [4.69, 9.17) is 4.42 Å². The van der Waals surface area contributed by atoms with Gasteiger partial charge in [-0.1, -0.05) is 0 Å². The minimum absolute atomic E-state index is 0.103. The Labute approximate surface area is 121 Å². The van der Waals surface area contributed by atoms with Crippen LogP contribution < -0.4 is 0 Å². The van der Waals surface area contributed by atoms with Crippen LogP contribution in [0.4, 0.5) is 0 Å². The average Bonchev–Trinajstić information content (AvgIpc) is 2.84. The summed E-state index contributed by atoms with van der Waals surface area (Å²) in [6, 6.07) is 1.54. The molecular weight excluding hydrogens is 373 g/mol. The van der Waals surface area contributed by atoms with E-state index in [9.17, 15) is 9.59 Å². The van der Waals surface area contributed by atoms with Crippen molar-refractivity contribution in [3.05, 3.63) is 23.7 Å². The van der Waals surface area contributed by atoms with Crippen LogP contribution in [0.15, 0.2) is 16.7 Å². The molecule has 6 nitrogen and oxygen atoms in total. The number of ether oxygens (including phenoxy) is 2. The van der Waals surface area contributed by atoms with Crippen molar-refractivity contribution in [1.82, 2.24) is 4.31 Å². The van der Waals surface area contributed by atoms with Gasteiger partial charge in [-0.2, -0.15) is 0 Å². The maximum absolute atomic E-state index is 11.4. The summed E-state index contributed by atoms with van der Waals surface area (Å²) in [6.45, 7) is 0.408. The van der Waals surface area contributed by atoms with Gasteiger partial charge in [-0.15, -0.1) is 0 Å². The topological polar surface area (TPSA) is 69.0 Å². The molecule has 0 bridgehead atoms. The molecule has 0 aliphatic heterocycles. The first-order valence-electron chi connectivity index (χ1n) is 4.87. The van der Waals surface area contributed by atoms with Crippen molar-refractivity contribution in [2.75, 3.05) is 20.8 Å². The van der Waals surface area contributed by atoms with Gasteiger partial charge in [0.2, 0.25) is 0 Å². The smallest absolute Gasteiger partial charge is 0.341 e. The predicted octanol–water partition coefficient (Wildman–Crippen LogP) is 2.04. The molecule has 1 rings (SSSR count). The Bertz CT molecular complexity index is 422. The van der Waals surface area contributed by atoms with Crippen molar-refractivity contribution in [2.24, 2.45) is 0 Å². The number of nitrogens with zero attached hydrogens (tertiary/aromatic N) is 1. The Morgan fingerprint density at radius 1 is 1.44 bits per heavy atom. The maximum atomic E-state index is 11.4. The van der Waals surface area contributed by atoms with Crippen LogP contribution in [0.25, 0.3) is 0 Å². The number of furan rings is 1. The lowest BCUT2D eigenvalue weighted by atomic mass is 10.2. The summed E-state index contributed by atoms with van der Waals surface area (Å²) in [6.07, 6.45) is 1.41. The van der Waals surface area contributed by atoms with E-state index < -0.39 is 5.97 Å². The van der Waals surface area contributed by atoms with Crippen molar-refractivity contribution >= 4 is 42.3 Å². The zero-order chi connectivity index (χ0) is 13.5. The molecule has 0 spiro atoms. The molecule has 0 amide bonds. The summed E-state index contributed by atoms with van der Waals surface area (Å²) in [4.78, 5) is 22.6. The first-order valence-corrected chi connectivity index (χ1v) is 8.19. The second kappa shape index (κ2) is 7.64. The van der Waals surface area contributed by atoms with Gasteiger partial charge in [-0.05, 0) is 15.2 Å². The molecule has 0 radical (unpaired) electrons. The van der Waals surface area contributed by atoms with E-state index in [0.717, 1.165) is 0 Å². The number of hydrogen-bond donors (Lipinski definition) is 0. The third kappa shape index (κ3) is 4.18. The molecule has 0 aliphatic rings. The quantitative estimate of drug-likeness (QED) is 0.422. The Morgan fingerprint density at radius 3 is 2.72 bits per heavy atom. The lowest BCUT2D eigenvalue weighted by molar-refractivity contribution is -0.140. The minimum Gasteiger partial charge on any atom is -0.468 e. The molecule has 1 aromatic heterocycles. The van der Waals surface area contributed by atoms with Gasteiger partial charge in [0.05, 0.1) is 27.0 Å². The Balaban J connectivity index is 2.73. The molecule has 0 fully saturated rings. The molecule has 18 heavy (non-hydrogen) atoms. The standard InChI is InChI=1S/C10H12INO5S/c1-15-9(13)6-12(18-11)5-8-7(3-4-17-8)10(14)16-2/h3-4H,5-6H2,1-2H3. The molecule has 100 valence electrons. The van der Waals surface area contributed by atoms with Crippen LogP contribution in [-0.4, -0.2) is 37.0 Å². The third-order valence-electron chi connectivity index (χ3n) is 2.10. The fraction of sp³-hybridized carbons (Fsp3) is 0.400. The summed E-state index contributed by atoms with van der Waals surface area (Å²) in [5.74, 6) is -0.365. The number of halogens is 1. The molecule has 0 saturated carbocycles. The molecular formula is C10H12INO5S. The van der Waals surface area contributed by atoms with Crippen LogP contribution in [0.2, 0.25) is 0 Å². The normalized spacial score (nSPS) is 10.4. The molecule has 0 atom stereocenters. The third-order valence-corrected chi connectivity index (χ3v) is 4.23. The molecule has 0 unspecified atom stereocenters. The monoisotopic (exact) mass is 385 g/mol. The zero-order valence-electron chi connectivity index (χ0n) is 9.84. The van der Waals surface area contributed by atoms with Gasteiger partial charge >= 0.3 is 11.9 Å². The van der Waals surface area contributed by atoms with E-state index in [-0.39, 0.29) is 12.5 Å². The van der Waals surface area contributed by atoms with Gasteiger partial charge in [0.1, 0.15) is 17.9 Å². The maximum Gasteiger partial charge on any atom is 0.341 e. The lowest BCUT2D eigenvalue weighted by Gasteiger charge is -2.15. The molecule has 0 N–H and O–H groups in total. The number of rotatable bonds is 6. The van der Waals surface area contributed by atoms with Gasteiger partial charge in [0, 0.05) is 21.2 Å². The van der Waals surface area contributed by atoms with Gasteiger partial charge in [-0.3, -0.25) is 4.79 Å². The fourth-order valence-electron chi connectivity index (χ4n) is 1.23. The van der Waals surface area contributed by atoms with Crippen molar-refractivity contribution in [1.29, 1.82) is 0 Å². The largest absolute Gasteiger partial charge is 0.468 e. The van der Waals surface area contributed by atoms with Crippen molar-refractivity contribution in [3.8, 4) is 0 Å². The summed E-state index contributed by atoms with van der Waals surface area (Å²) in [5, 5.41) is 0. The number of carbonyl (C=O) groups excluding carboxylic acids is 2. The van der Waals surface area contributed by atoms with Crippen LogP contribution in [0.1, 0.15) is 16.1 Å². The number of methoxy groups -OCH3 is 2. The van der Waals surface area contributed by atoms with E-state index in [2.05, 4.69) is 9.47 Å². The molecule has 1 heterocycles. The lowest BCUT2D eigenvalue weighted by Crippen LogP contribution is -2.23. The van der Waals surface area contributed by atoms with Crippen molar-refractivity contribution in [2.45, 2.75) is 6.54 Å². The van der Waals surface area contributed by atoms with Gasteiger partial charge in [0.25, 0.3) is 0 Å². The fourth-order valence-corrected chi connectivity index (χ4v) is 2.38. The van der Waals surface area contributed by atoms with Crippen LogP contribution in [0.5, 0.6) is 0 Å². The average molecular weight is 385 g/mol. The zero-order valence-corrected chi connectivity index (χ0v) is 12.8. The van der Waals surface area contributed by atoms with Crippen LogP contribution in [0, 0.1) is 0 Å². The van der Waals surface area contributed by atoms with Crippen LogP contribution in [0.3, 0.4) is 0 Å². The summed E-state index contributed by atoms with van der Waals surface area (Å²) in [7, 11) is 3.96. The minimum atomic E-state index is -0.463. The molecule has 0 aromatic carbocycles. The Kier molecular flexibility index (Phi) is 6.50. The highest BCUT2D eigenvalue weighted by Gasteiger charge is 2.19. The molecule has 8 heteroatoms. The van der Waals surface area contributed by atoms with E-state index in [1.807, 2.05) is 21.2 Å². The summed E-state index contributed by atoms with van der Waals surface area (Å²) in [5.41, 5.74) is 0.359. The van der Waals surface area contributed by atoms with Gasteiger partial charge in [-0.25, -0.2) is 9.10 Å². The highest BCUT2D eigenvalue weighted by Crippen LogP contribution is 2.23.